The summed E-state index contributed by atoms with van der Waals surface area (Å²) < 4.78 is 5.36. The van der Waals surface area contributed by atoms with Gasteiger partial charge in [0.25, 0.3) is 0 Å². The van der Waals surface area contributed by atoms with Gasteiger partial charge in [-0.05, 0) is 30.3 Å². The molecule has 0 spiro atoms. The van der Waals surface area contributed by atoms with Crippen molar-refractivity contribution in [2.45, 2.75) is 6.42 Å². The van der Waals surface area contributed by atoms with E-state index < -0.39 is 0 Å². The SMILES string of the molecule is COc1ccccc1CCNc1ncc(C=NNC(N)=S)c(N(C)C)n1. The van der Waals surface area contributed by atoms with Crippen molar-refractivity contribution < 1.29 is 4.74 Å². The van der Waals surface area contributed by atoms with Crippen molar-refractivity contribution in [1.82, 2.24) is 15.4 Å². The molecule has 0 fully saturated rings. The summed E-state index contributed by atoms with van der Waals surface area (Å²) in [5, 5.41) is 7.29. The maximum atomic E-state index is 5.36. The number of ether oxygens (including phenoxy) is 1. The van der Waals surface area contributed by atoms with Crippen molar-refractivity contribution in [3.63, 3.8) is 0 Å². The van der Waals surface area contributed by atoms with Crippen LogP contribution in [0.4, 0.5) is 11.8 Å². The zero-order valence-corrected chi connectivity index (χ0v) is 15.9. The fraction of sp³-hybridized carbons (Fsp3) is 0.294. The van der Waals surface area contributed by atoms with Crippen LogP contribution >= 0.6 is 12.2 Å². The second-order valence-electron chi connectivity index (χ2n) is 5.59. The number of nitrogens with one attached hydrogen (secondary N) is 2. The minimum atomic E-state index is 0.100. The van der Waals surface area contributed by atoms with E-state index in [2.05, 4.69) is 25.8 Å². The quantitative estimate of drug-likeness (QED) is 0.362. The molecule has 0 aliphatic carbocycles. The van der Waals surface area contributed by atoms with Crippen LogP contribution in [0.2, 0.25) is 0 Å². The smallest absolute Gasteiger partial charge is 0.224 e. The molecule has 0 radical (unpaired) electrons. The molecular formula is C17H23N7OS. The molecule has 9 heteroatoms. The maximum Gasteiger partial charge on any atom is 0.224 e. The Labute approximate surface area is 158 Å². The van der Waals surface area contributed by atoms with Gasteiger partial charge in [0.2, 0.25) is 5.95 Å². The number of hydrazone groups is 1. The van der Waals surface area contributed by atoms with Gasteiger partial charge in [-0.2, -0.15) is 10.1 Å². The van der Waals surface area contributed by atoms with Crippen LogP contribution in [-0.2, 0) is 6.42 Å². The van der Waals surface area contributed by atoms with Gasteiger partial charge in [0, 0.05) is 26.8 Å². The van der Waals surface area contributed by atoms with Crippen LogP contribution in [0.15, 0.2) is 35.6 Å². The highest BCUT2D eigenvalue weighted by Crippen LogP contribution is 2.18. The first-order valence-corrected chi connectivity index (χ1v) is 8.40. The Kier molecular flexibility index (Phi) is 7.10. The second-order valence-corrected chi connectivity index (χ2v) is 6.03. The van der Waals surface area contributed by atoms with Crippen molar-refractivity contribution >= 4 is 35.3 Å². The lowest BCUT2D eigenvalue weighted by molar-refractivity contribution is 0.410. The minimum Gasteiger partial charge on any atom is -0.496 e. The Balaban J connectivity index is 2.04. The van der Waals surface area contributed by atoms with Gasteiger partial charge in [0.1, 0.15) is 11.6 Å². The van der Waals surface area contributed by atoms with E-state index in [0.717, 1.165) is 29.1 Å². The highest BCUT2D eigenvalue weighted by molar-refractivity contribution is 7.80. The van der Waals surface area contributed by atoms with E-state index in [1.54, 1.807) is 19.5 Å². The molecule has 1 aromatic heterocycles. The van der Waals surface area contributed by atoms with Crippen molar-refractivity contribution in [2.75, 3.05) is 38.0 Å². The first-order valence-electron chi connectivity index (χ1n) is 8.00. The largest absolute Gasteiger partial charge is 0.496 e. The third-order valence-corrected chi connectivity index (χ3v) is 3.56. The van der Waals surface area contributed by atoms with Crippen LogP contribution in [0, 0.1) is 0 Å². The predicted octanol–water partition coefficient (Wildman–Crippen LogP) is 1.37. The number of nitrogens with two attached hydrogens (primary N) is 1. The summed E-state index contributed by atoms with van der Waals surface area (Å²) in [6, 6.07) is 7.94. The molecule has 0 amide bonds. The summed E-state index contributed by atoms with van der Waals surface area (Å²) >= 11 is 4.71. The van der Waals surface area contributed by atoms with Gasteiger partial charge >= 0.3 is 0 Å². The summed E-state index contributed by atoms with van der Waals surface area (Å²) in [7, 11) is 5.48. The molecule has 0 saturated heterocycles. The summed E-state index contributed by atoms with van der Waals surface area (Å²) in [4.78, 5) is 10.7. The van der Waals surface area contributed by atoms with Gasteiger partial charge in [-0.25, -0.2) is 4.98 Å². The van der Waals surface area contributed by atoms with E-state index >= 15 is 0 Å². The van der Waals surface area contributed by atoms with E-state index in [-0.39, 0.29) is 5.11 Å². The number of thiocarbonyl (C=S) groups is 1. The average molecular weight is 373 g/mol. The number of nitrogens with zero attached hydrogens (tertiary/aromatic N) is 4. The van der Waals surface area contributed by atoms with E-state index in [1.165, 1.54) is 0 Å². The third-order valence-electron chi connectivity index (χ3n) is 3.47. The first kappa shape index (κ1) is 19.4. The molecule has 8 nitrogen and oxygen atoms in total. The zero-order valence-electron chi connectivity index (χ0n) is 15.1. The van der Waals surface area contributed by atoms with E-state index in [4.69, 9.17) is 22.7 Å². The van der Waals surface area contributed by atoms with Gasteiger partial charge in [-0.1, -0.05) is 18.2 Å². The first-order chi connectivity index (χ1) is 12.5. The molecule has 26 heavy (non-hydrogen) atoms. The predicted molar refractivity (Wildman–Crippen MR) is 109 cm³/mol. The van der Waals surface area contributed by atoms with Crippen LogP contribution in [0.25, 0.3) is 0 Å². The van der Waals surface area contributed by atoms with E-state index in [0.29, 0.717) is 12.5 Å². The molecule has 2 aromatic rings. The summed E-state index contributed by atoms with van der Waals surface area (Å²) in [5.74, 6) is 2.15. The molecule has 0 aliphatic rings. The minimum absolute atomic E-state index is 0.100. The lowest BCUT2D eigenvalue weighted by Gasteiger charge is -2.15. The van der Waals surface area contributed by atoms with Gasteiger partial charge in [0.05, 0.1) is 18.9 Å². The molecule has 2 rings (SSSR count). The standard InChI is InChI=1S/C17H23N7OS/c1-24(2)15-13(11-21-23-16(18)26)10-20-17(22-15)19-9-8-12-6-4-5-7-14(12)25-3/h4-7,10-11H,8-9H2,1-3H3,(H3,18,23,26)(H,19,20,22). The Bertz CT molecular complexity index is 779. The second kappa shape index (κ2) is 9.52. The Morgan fingerprint density at radius 1 is 1.38 bits per heavy atom. The number of rotatable bonds is 8. The van der Waals surface area contributed by atoms with Crippen LogP contribution in [0.3, 0.4) is 0 Å². The fourth-order valence-corrected chi connectivity index (χ4v) is 2.35. The van der Waals surface area contributed by atoms with Crippen LogP contribution in [0.1, 0.15) is 11.1 Å². The van der Waals surface area contributed by atoms with Crippen LogP contribution in [0.5, 0.6) is 5.75 Å². The number of hydrogen-bond acceptors (Lipinski definition) is 7. The van der Waals surface area contributed by atoms with Gasteiger partial charge in [-0.15, -0.1) is 0 Å². The van der Waals surface area contributed by atoms with Crippen molar-refractivity contribution in [3.8, 4) is 5.75 Å². The van der Waals surface area contributed by atoms with E-state index in [9.17, 15) is 0 Å². The number of anilines is 2. The number of methoxy groups -OCH3 is 1. The molecule has 0 atom stereocenters. The van der Waals surface area contributed by atoms with E-state index in [1.807, 2.05) is 43.3 Å². The number of benzene rings is 1. The zero-order chi connectivity index (χ0) is 18.9. The third kappa shape index (κ3) is 5.55. The van der Waals surface area contributed by atoms with Crippen molar-refractivity contribution in [1.29, 1.82) is 0 Å². The summed E-state index contributed by atoms with van der Waals surface area (Å²) in [6.07, 6.45) is 4.07. The molecule has 0 aliphatic heterocycles. The maximum absolute atomic E-state index is 5.36. The van der Waals surface area contributed by atoms with Gasteiger partial charge < -0.3 is 20.7 Å². The number of aromatic nitrogens is 2. The van der Waals surface area contributed by atoms with Crippen molar-refractivity contribution in [3.05, 3.63) is 41.6 Å². The van der Waals surface area contributed by atoms with Crippen LogP contribution < -0.4 is 26.1 Å². The monoisotopic (exact) mass is 373 g/mol. The molecule has 1 heterocycles. The molecule has 138 valence electrons. The molecule has 1 aromatic carbocycles. The van der Waals surface area contributed by atoms with Gasteiger partial charge in [-0.3, -0.25) is 5.43 Å². The molecule has 4 N–H and O–H groups in total. The Hall–Kier alpha value is -2.94. The Morgan fingerprint density at radius 3 is 2.85 bits per heavy atom. The van der Waals surface area contributed by atoms with Crippen LogP contribution in [-0.4, -0.2) is 49.0 Å². The summed E-state index contributed by atoms with van der Waals surface area (Å²) in [6.45, 7) is 0.684. The highest BCUT2D eigenvalue weighted by Gasteiger charge is 2.08. The number of para-hydroxylation sites is 1. The summed E-state index contributed by atoms with van der Waals surface area (Å²) in [5.41, 5.74) is 9.74. The highest BCUT2D eigenvalue weighted by atomic mass is 32.1. The molecular weight excluding hydrogens is 350 g/mol. The Morgan fingerprint density at radius 2 is 2.15 bits per heavy atom. The average Bonchev–Trinajstić information content (AvgIpc) is 2.62. The lowest BCUT2D eigenvalue weighted by Crippen LogP contribution is -2.24. The fourth-order valence-electron chi connectivity index (χ4n) is 2.30. The normalized spacial score (nSPS) is 10.6. The topological polar surface area (TPSA) is 101 Å². The lowest BCUT2D eigenvalue weighted by atomic mass is 10.1. The number of hydrogen-bond donors (Lipinski definition) is 3. The molecule has 0 bridgehead atoms. The van der Waals surface area contributed by atoms with Crippen molar-refractivity contribution in [2.24, 2.45) is 10.8 Å². The molecule has 0 unspecified atom stereocenters. The molecule has 0 saturated carbocycles. The van der Waals surface area contributed by atoms with Gasteiger partial charge in [0.15, 0.2) is 5.11 Å².